The molecule has 4 rings (SSSR count). The molecule has 2 aliphatic rings. The summed E-state index contributed by atoms with van der Waals surface area (Å²) >= 11 is 0. The maximum atomic E-state index is 14.8. The van der Waals surface area contributed by atoms with Crippen LogP contribution >= 0.6 is 0 Å². The van der Waals surface area contributed by atoms with Crippen molar-refractivity contribution < 1.29 is 47.3 Å². The zero-order valence-corrected chi connectivity index (χ0v) is 27.3. The van der Waals surface area contributed by atoms with Crippen LogP contribution in [0.25, 0.3) is 0 Å². The first kappa shape index (κ1) is 37.6. The molecular formula is C32H39F2N7O9. The van der Waals surface area contributed by atoms with Crippen LogP contribution < -0.4 is 27.4 Å². The Balaban J connectivity index is 1.36. The van der Waals surface area contributed by atoms with Gasteiger partial charge in [-0.3, -0.25) is 28.5 Å². The van der Waals surface area contributed by atoms with Gasteiger partial charge in [-0.1, -0.05) is 43.8 Å². The average molecular weight is 704 g/mol. The van der Waals surface area contributed by atoms with Gasteiger partial charge in [-0.05, 0) is 30.9 Å². The number of aliphatic hydroxyl groups excluding tert-OH is 1. The van der Waals surface area contributed by atoms with Crippen molar-refractivity contribution in [1.82, 2.24) is 30.4 Å². The van der Waals surface area contributed by atoms with Crippen molar-refractivity contribution in [2.75, 3.05) is 32.0 Å². The van der Waals surface area contributed by atoms with E-state index in [9.17, 15) is 42.7 Å². The largest absolute Gasteiger partial charge is 0.461 e. The number of hydrogen-bond donors (Lipinski definition) is 5. The van der Waals surface area contributed by atoms with Crippen molar-refractivity contribution in [1.29, 1.82) is 0 Å². The number of hydrogen-bond acceptors (Lipinski definition) is 11. The van der Waals surface area contributed by atoms with E-state index in [-0.39, 0.29) is 36.7 Å². The predicted molar refractivity (Wildman–Crippen MR) is 171 cm³/mol. The van der Waals surface area contributed by atoms with Crippen LogP contribution in [-0.4, -0.2) is 106 Å². The van der Waals surface area contributed by atoms with Gasteiger partial charge >= 0.3 is 17.6 Å². The number of alkyl halides is 2. The number of piperidine rings is 1. The summed E-state index contributed by atoms with van der Waals surface area (Å²) in [5.41, 5.74) is 5.17. The summed E-state index contributed by atoms with van der Waals surface area (Å²) < 4.78 is 40.4. The number of likely N-dealkylation sites (tertiary alicyclic amines) is 1. The standard InChI is InChI=1S/C32H39F2N7O9/c1-17(2)27(45)36-13-24(42)37-20(12-19-7-5-4-6-8-19)28(46)38-21-11-18(3)14-40(29(21)47)15-25(43)49-16-22-26(44)32(33,34)30(50-22)41-10-9-23(35)39-31(41)48/h4-10,18,20-22,26,30,44H,1,11-16H2,2-3H3,(H,36,45)(H,37,42)(H,38,46)(H2,35,39,48)/t18?,20?,21?,22-,26?,30?/m0/s1. The monoisotopic (exact) mass is 703 g/mol. The molecule has 270 valence electrons. The molecule has 3 heterocycles. The molecule has 0 saturated carbocycles. The number of nitrogens with one attached hydrogen (secondary N) is 3. The number of nitrogens with two attached hydrogens (primary N) is 1. The Morgan fingerprint density at radius 1 is 1.20 bits per heavy atom. The highest BCUT2D eigenvalue weighted by atomic mass is 19.3. The summed E-state index contributed by atoms with van der Waals surface area (Å²) in [5, 5.41) is 17.8. The maximum absolute atomic E-state index is 14.8. The van der Waals surface area contributed by atoms with E-state index in [1.807, 2.05) is 0 Å². The van der Waals surface area contributed by atoms with E-state index in [1.165, 1.54) is 6.92 Å². The molecule has 2 aliphatic heterocycles. The normalized spacial score (nSPS) is 23.4. The predicted octanol–water partition coefficient (Wildman–Crippen LogP) is -0.965. The lowest BCUT2D eigenvalue weighted by atomic mass is 9.94. The topological polar surface area (TPSA) is 224 Å². The van der Waals surface area contributed by atoms with Gasteiger partial charge in [0.25, 0.3) is 0 Å². The van der Waals surface area contributed by atoms with Crippen molar-refractivity contribution in [2.24, 2.45) is 5.92 Å². The third-order valence-electron chi connectivity index (χ3n) is 8.04. The SMILES string of the molecule is C=C(C)C(=O)NCC(=O)NC(Cc1ccccc1)C(=O)NC1CC(C)CN(CC(=O)OC[C@@H]2OC(n3ccc(N)nc3=O)C(F)(F)C2O)C1=O. The van der Waals surface area contributed by atoms with E-state index in [0.717, 1.165) is 17.2 Å². The molecule has 1 aromatic heterocycles. The van der Waals surface area contributed by atoms with Crippen molar-refractivity contribution in [3.05, 3.63) is 70.8 Å². The van der Waals surface area contributed by atoms with Gasteiger partial charge in [-0.2, -0.15) is 13.8 Å². The molecule has 0 bridgehead atoms. The van der Waals surface area contributed by atoms with Crippen LogP contribution in [0.4, 0.5) is 14.6 Å². The molecule has 4 amide bonds. The van der Waals surface area contributed by atoms with Gasteiger partial charge in [0.05, 0.1) is 6.54 Å². The van der Waals surface area contributed by atoms with E-state index >= 15 is 0 Å². The number of aliphatic hydroxyl groups is 1. The molecule has 0 radical (unpaired) electrons. The van der Waals surface area contributed by atoms with Crippen LogP contribution in [0.3, 0.4) is 0 Å². The average Bonchev–Trinajstić information content (AvgIpc) is 3.28. The van der Waals surface area contributed by atoms with E-state index in [4.69, 9.17) is 15.2 Å². The van der Waals surface area contributed by atoms with Crippen LogP contribution in [0.2, 0.25) is 0 Å². The third kappa shape index (κ3) is 9.26. The molecule has 6 N–H and O–H groups in total. The minimum atomic E-state index is -3.96. The molecule has 50 heavy (non-hydrogen) atoms. The second kappa shape index (κ2) is 16.0. The Morgan fingerprint density at radius 2 is 1.90 bits per heavy atom. The number of carbonyl (C=O) groups excluding carboxylic acids is 5. The minimum Gasteiger partial charge on any atom is -0.461 e. The van der Waals surface area contributed by atoms with Crippen LogP contribution in [0.1, 0.15) is 32.1 Å². The van der Waals surface area contributed by atoms with Crippen LogP contribution in [0.15, 0.2) is 59.5 Å². The van der Waals surface area contributed by atoms with E-state index in [2.05, 4.69) is 27.5 Å². The molecule has 0 aliphatic carbocycles. The summed E-state index contributed by atoms with van der Waals surface area (Å²) in [6.45, 7) is 5.03. The fourth-order valence-corrected chi connectivity index (χ4v) is 5.50. The second-order valence-electron chi connectivity index (χ2n) is 12.3. The van der Waals surface area contributed by atoms with Gasteiger partial charge in [-0.15, -0.1) is 0 Å². The molecule has 5 unspecified atom stereocenters. The number of carbonyl (C=O) groups is 5. The molecule has 1 aromatic carbocycles. The Labute approximate surface area is 285 Å². The number of rotatable bonds is 13. The van der Waals surface area contributed by atoms with Gasteiger partial charge < -0.3 is 41.2 Å². The lowest BCUT2D eigenvalue weighted by Crippen LogP contribution is -2.59. The van der Waals surface area contributed by atoms with E-state index < -0.39 is 91.4 Å². The summed E-state index contributed by atoms with van der Waals surface area (Å²) in [4.78, 5) is 80.7. The van der Waals surface area contributed by atoms with Crippen LogP contribution in [0, 0.1) is 5.92 Å². The smallest absolute Gasteiger partial charge is 0.351 e. The van der Waals surface area contributed by atoms with Crippen molar-refractivity contribution in [2.45, 2.75) is 63.1 Å². The zero-order valence-electron chi connectivity index (χ0n) is 27.3. The molecule has 16 nitrogen and oxygen atoms in total. The number of halogens is 2. The third-order valence-corrected chi connectivity index (χ3v) is 8.04. The molecule has 2 fully saturated rings. The quantitative estimate of drug-likeness (QED) is 0.126. The second-order valence-corrected chi connectivity index (χ2v) is 12.3. The van der Waals surface area contributed by atoms with Gasteiger partial charge in [0.2, 0.25) is 29.9 Å². The van der Waals surface area contributed by atoms with Crippen molar-refractivity contribution in [3.8, 4) is 0 Å². The number of benzene rings is 1. The van der Waals surface area contributed by atoms with E-state index in [1.54, 1.807) is 37.3 Å². The van der Waals surface area contributed by atoms with E-state index in [0.29, 0.717) is 10.1 Å². The first-order valence-electron chi connectivity index (χ1n) is 15.6. The Bertz CT molecular complexity index is 1670. The molecule has 6 atom stereocenters. The number of nitrogen functional groups attached to an aromatic ring is 1. The first-order valence-corrected chi connectivity index (χ1v) is 15.6. The summed E-state index contributed by atoms with van der Waals surface area (Å²) in [6, 6.07) is 7.68. The highest BCUT2D eigenvalue weighted by molar-refractivity contribution is 5.96. The molecular weight excluding hydrogens is 664 g/mol. The lowest BCUT2D eigenvalue weighted by molar-refractivity contribution is -0.157. The fourth-order valence-electron chi connectivity index (χ4n) is 5.50. The maximum Gasteiger partial charge on any atom is 0.351 e. The van der Waals surface area contributed by atoms with Crippen LogP contribution in [-0.2, 0) is 39.9 Å². The number of esters is 1. The summed E-state index contributed by atoms with van der Waals surface area (Å²) in [5.74, 6) is -7.85. The van der Waals surface area contributed by atoms with Crippen molar-refractivity contribution in [3.63, 3.8) is 0 Å². The Hall–Kier alpha value is -5.23. The summed E-state index contributed by atoms with van der Waals surface area (Å²) in [7, 11) is 0. The minimum absolute atomic E-state index is 0.0673. The highest BCUT2D eigenvalue weighted by Gasteiger charge is 2.60. The van der Waals surface area contributed by atoms with Gasteiger partial charge in [0, 0.05) is 24.7 Å². The molecule has 0 spiro atoms. The van der Waals surface area contributed by atoms with Gasteiger partial charge in [-0.25, -0.2) is 4.79 Å². The first-order chi connectivity index (χ1) is 23.6. The number of amides is 4. The number of anilines is 1. The van der Waals surface area contributed by atoms with Gasteiger partial charge in [0.1, 0.15) is 37.2 Å². The molecule has 18 heteroatoms. The fraction of sp³-hybridized carbons (Fsp3) is 0.469. The summed E-state index contributed by atoms with van der Waals surface area (Å²) in [6.07, 6.45) is -5.20. The number of ether oxygens (including phenoxy) is 2. The number of aromatic nitrogens is 2. The lowest BCUT2D eigenvalue weighted by Gasteiger charge is -2.36. The zero-order chi connectivity index (χ0) is 36.7. The number of nitrogens with zero attached hydrogens (tertiary/aromatic N) is 3. The molecule has 2 aromatic rings. The van der Waals surface area contributed by atoms with Crippen LogP contribution in [0.5, 0.6) is 0 Å². The van der Waals surface area contributed by atoms with Crippen molar-refractivity contribution >= 4 is 35.4 Å². The Kier molecular flexibility index (Phi) is 12.0. The highest BCUT2D eigenvalue weighted by Crippen LogP contribution is 2.42. The molecule has 2 saturated heterocycles. The van der Waals surface area contributed by atoms with Gasteiger partial charge in [0.15, 0.2) is 6.10 Å². The Morgan fingerprint density at radius 3 is 2.56 bits per heavy atom.